The summed E-state index contributed by atoms with van der Waals surface area (Å²) in [5.74, 6) is -0.532. The number of hydrogen-bond donors (Lipinski definition) is 2. The Bertz CT molecular complexity index is 1410. The molecule has 2 N–H and O–H groups in total. The van der Waals surface area contributed by atoms with E-state index in [0.717, 1.165) is 53.2 Å². The standard InChI is InChI=1S/C24H19N3O2/c28-23-18-16-13-8-1-2-10-15(13)25-20(16)22-17(19(18)24(29)26-23)14-9-5-7-12-6-3-4-11-27(22)21(12)14/h1-2,5,7-8,10,15,25H,3-4,6,9,11H2,(H,26,28,29). The van der Waals surface area contributed by atoms with E-state index in [4.69, 9.17) is 0 Å². The van der Waals surface area contributed by atoms with E-state index in [-0.39, 0.29) is 17.9 Å². The van der Waals surface area contributed by atoms with Gasteiger partial charge in [-0.2, -0.15) is 0 Å². The number of amides is 2. The molecule has 1 aromatic heterocycles. The second-order valence-electron chi connectivity index (χ2n) is 8.40. The zero-order valence-corrected chi connectivity index (χ0v) is 15.8. The molecule has 0 radical (unpaired) electrons. The van der Waals surface area contributed by atoms with E-state index >= 15 is 0 Å². The Morgan fingerprint density at radius 2 is 1.93 bits per heavy atom. The molecule has 5 heteroatoms. The highest BCUT2D eigenvalue weighted by Crippen LogP contribution is 2.38. The van der Waals surface area contributed by atoms with Crippen LogP contribution in [-0.4, -0.2) is 22.4 Å². The van der Waals surface area contributed by atoms with Crippen molar-refractivity contribution >= 4 is 39.6 Å². The Labute approximate surface area is 166 Å². The molecule has 7 rings (SSSR count). The maximum Gasteiger partial charge on any atom is 0.259 e. The largest absolute Gasteiger partial charge is 0.372 e. The third-order valence-corrected chi connectivity index (χ3v) is 6.92. The number of imide groups is 1. The number of aromatic nitrogens is 1. The van der Waals surface area contributed by atoms with Gasteiger partial charge in [0.25, 0.3) is 11.8 Å². The number of nitrogens with zero attached hydrogens (tertiary/aromatic N) is 1. The number of carbonyl (C=O) groups is 2. The molecule has 5 nitrogen and oxygen atoms in total. The predicted octanol–water partition coefficient (Wildman–Crippen LogP) is 2.04. The first-order valence-corrected chi connectivity index (χ1v) is 10.4. The molecule has 0 saturated heterocycles. The van der Waals surface area contributed by atoms with Crippen molar-refractivity contribution in [1.29, 1.82) is 0 Å². The number of allylic oxidation sites excluding steroid dienone is 4. The first kappa shape index (κ1) is 15.6. The smallest absolute Gasteiger partial charge is 0.259 e. The van der Waals surface area contributed by atoms with Crippen molar-refractivity contribution in [3.05, 3.63) is 63.7 Å². The average Bonchev–Trinajstić information content (AvgIpc) is 3.28. The molecular formula is C24H19N3O2. The highest BCUT2D eigenvalue weighted by atomic mass is 16.2. The van der Waals surface area contributed by atoms with E-state index in [2.05, 4.69) is 39.5 Å². The Hall–Kier alpha value is -3.34. The third-order valence-electron chi connectivity index (χ3n) is 6.92. The molecular weight excluding hydrogens is 362 g/mol. The third kappa shape index (κ3) is 1.77. The molecule has 0 fully saturated rings. The summed E-state index contributed by atoms with van der Waals surface area (Å²) in [6.07, 6.45) is 16.8. The summed E-state index contributed by atoms with van der Waals surface area (Å²) in [6.45, 7) is 0.942. The number of rotatable bonds is 0. The van der Waals surface area contributed by atoms with Crippen LogP contribution < -0.4 is 21.2 Å². The van der Waals surface area contributed by atoms with E-state index in [0.29, 0.717) is 11.1 Å². The maximum absolute atomic E-state index is 13.0. The number of fused-ring (bicyclic) bond motifs is 9. The minimum absolute atomic E-state index is 0.0419. The summed E-state index contributed by atoms with van der Waals surface area (Å²) in [5.41, 5.74) is 6.87. The zero-order valence-electron chi connectivity index (χ0n) is 15.8. The van der Waals surface area contributed by atoms with E-state index in [1.165, 1.54) is 22.9 Å². The van der Waals surface area contributed by atoms with Gasteiger partial charge in [0.15, 0.2) is 0 Å². The Morgan fingerprint density at radius 3 is 2.86 bits per heavy atom. The molecule has 0 spiro atoms. The molecule has 1 atom stereocenters. The molecule has 142 valence electrons. The lowest BCUT2D eigenvalue weighted by Crippen LogP contribution is -2.24. The summed E-state index contributed by atoms with van der Waals surface area (Å²) in [5, 5.41) is 9.40. The molecule has 1 aromatic carbocycles. The fraction of sp³-hybridized carbons (Fsp3) is 0.250. The summed E-state index contributed by atoms with van der Waals surface area (Å²) in [4.78, 5) is 25.9. The lowest BCUT2D eigenvalue weighted by Gasteiger charge is -2.13. The van der Waals surface area contributed by atoms with Crippen LogP contribution in [0.4, 0.5) is 5.69 Å². The molecule has 3 aliphatic heterocycles. The maximum atomic E-state index is 13.0. The molecule has 2 aliphatic carbocycles. The van der Waals surface area contributed by atoms with E-state index in [9.17, 15) is 9.59 Å². The van der Waals surface area contributed by atoms with Gasteiger partial charge in [-0.3, -0.25) is 14.9 Å². The molecule has 29 heavy (non-hydrogen) atoms. The number of carbonyl (C=O) groups excluding carboxylic acids is 2. The van der Waals surface area contributed by atoms with Crippen molar-refractivity contribution in [3.63, 3.8) is 0 Å². The summed E-state index contributed by atoms with van der Waals surface area (Å²) >= 11 is 0. The summed E-state index contributed by atoms with van der Waals surface area (Å²) in [6, 6.07) is 0.0419. The Balaban J connectivity index is 1.78. The summed E-state index contributed by atoms with van der Waals surface area (Å²) < 4.78 is 2.42. The number of nitrogens with one attached hydrogen (secondary N) is 2. The first-order chi connectivity index (χ1) is 14.2. The normalized spacial score (nSPS) is 23.0. The second kappa shape index (κ2) is 5.17. The van der Waals surface area contributed by atoms with Gasteiger partial charge in [0.2, 0.25) is 0 Å². The highest BCUT2D eigenvalue weighted by molar-refractivity contribution is 6.29. The SMILES string of the molecule is O=C1NC(=O)c2c1c1c(c3c2c2c4n3CCCCC=4C=CC2)NC2C=CC=CC=12. The molecule has 5 aliphatic rings. The summed E-state index contributed by atoms with van der Waals surface area (Å²) in [7, 11) is 0. The minimum atomic E-state index is -0.273. The number of hydrogen-bond acceptors (Lipinski definition) is 3. The van der Waals surface area contributed by atoms with Crippen LogP contribution >= 0.6 is 0 Å². The molecule has 4 heterocycles. The van der Waals surface area contributed by atoms with Gasteiger partial charge in [-0.25, -0.2) is 0 Å². The molecule has 2 aromatic rings. The topological polar surface area (TPSA) is 63.1 Å². The van der Waals surface area contributed by atoms with Gasteiger partial charge in [0.1, 0.15) is 0 Å². The fourth-order valence-electron chi connectivity index (χ4n) is 5.84. The van der Waals surface area contributed by atoms with Gasteiger partial charge in [0.05, 0.1) is 28.4 Å². The van der Waals surface area contributed by atoms with Gasteiger partial charge >= 0.3 is 0 Å². The van der Waals surface area contributed by atoms with Crippen LogP contribution in [0.1, 0.15) is 45.5 Å². The van der Waals surface area contributed by atoms with E-state index in [1.807, 2.05) is 12.2 Å². The van der Waals surface area contributed by atoms with Gasteiger partial charge in [-0.1, -0.05) is 36.5 Å². The average molecular weight is 381 g/mol. The zero-order chi connectivity index (χ0) is 19.3. The highest BCUT2D eigenvalue weighted by Gasteiger charge is 2.39. The Kier molecular flexibility index (Phi) is 2.78. The van der Waals surface area contributed by atoms with Crippen molar-refractivity contribution in [2.24, 2.45) is 0 Å². The molecule has 2 amide bonds. The van der Waals surface area contributed by atoms with Crippen LogP contribution in [0.5, 0.6) is 0 Å². The fourth-order valence-corrected chi connectivity index (χ4v) is 5.84. The first-order valence-electron chi connectivity index (χ1n) is 10.4. The van der Waals surface area contributed by atoms with Gasteiger partial charge in [-0.05, 0) is 42.4 Å². The van der Waals surface area contributed by atoms with Crippen LogP contribution in [0.2, 0.25) is 0 Å². The van der Waals surface area contributed by atoms with Crippen LogP contribution in [-0.2, 0) is 13.0 Å². The molecule has 1 unspecified atom stereocenters. The number of aryl methyl sites for hydroxylation is 1. The minimum Gasteiger partial charge on any atom is -0.372 e. The van der Waals surface area contributed by atoms with Crippen LogP contribution in [0, 0.1) is 0 Å². The van der Waals surface area contributed by atoms with Crippen molar-refractivity contribution < 1.29 is 9.59 Å². The van der Waals surface area contributed by atoms with Crippen molar-refractivity contribution in [3.8, 4) is 0 Å². The van der Waals surface area contributed by atoms with E-state index in [1.54, 1.807) is 0 Å². The van der Waals surface area contributed by atoms with Crippen LogP contribution in [0.3, 0.4) is 0 Å². The lowest BCUT2D eigenvalue weighted by atomic mass is 9.92. The number of anilines is 1. The molecule has 0 bridgehead atoms. The van der Waals surface area contributed by atoms with Gasteiger partial charge < -0.3 is 9.88 Å². The Morgan fingerprint density at radius 1 is 1.03 bits per heavy atom. The van der Waals surface area contributed by atoms with Crippen LogP contribution in [0.15, 0.2) is 36.5 Å². The quantitative estimate of drug-likeness (QED) is 0.687. The second-order valence-corrected chi connectivity index (χ2v) is 8.40. The van der Waals surface area contributed by atoms with Crippen molar-refractivity contribution in [2.45, 2.75) is 38.3 Å². The van der Waals surface area contributed by atoms with E-state index < -0.39 is 0 Å². The van der Waals surface area contributed by atoms with Gasteiger partial charge in [-0.15, -0.1) is 0 Å². The number of benzene rings is 1. The molecule has 0 saturated carbocycles. The monoisotopic (exact) mass is 381 g/mol. The van der Waals surface area contributed by atoms with Crippen LogP contribution in [0.25, 0.3) is 22.0 Å². The van der Waals surface area contributed by atoms with Crippen molar-refractivity contribution in [1.82, 2.24) is 9.88 Å². The van der Waals surface area contributed by atoms with Gasteiger partial charge in [0, 0.05) is 22.5 Å². The predicted molar refractivity (Wildman–Crippen MR) is 112 cm³/mol. The lowest BCUT2D eigenvalue weighted by molar-refractivity contribution is 0.0880. The van der Waals surface area contributed by atoms with Crippen molar-refractivity contribution in [2.75, 3.05) is 5.32 Å².